The van der Waals surface area contributed by atoms with Crippen molar-refractivity contribution in [1.82, 2.24) is 19.9 Å². The lowest BCUT2D eigenvalue weighted by Gasteiger charge is -2.15. The molecule has 0 aliphatic carbocycles. The van der Waals surface area contributed by atoms with Gasteiger partial charge in [-0.05, 0) is 61.9 Å². The van der Waals surface area contributed by atoms with E-state index in [9.17, 15) is 14.0 Å². The molecule has 0 radical (unpaired) electrons. The van der Waals surface area contributed by atoms with Crippen LogP contribution in [0.25, 0.3) is 16.7 Å². The molecule has 2 aromatic carbocycles. The second kappa shape index (κ2) is 9.50. The Hall–Kier alpha value is -3.59. The number of amides is 1. The number of rotatable bonds is 7. The molecular weight excluding hydrogens is 443 g/mol. The fourth-order valence-corrected chi connectivity index (χ4v) is 4.31. The maximum absolute atomic E-state index is 13.4. The van der Waals surface area contributed by atoms with Crippen molar-refractivity contribution in [3.63, 3.8) is 0 Å². The van der Waals surface area contributed by atoms with Crippen molar-refractivity contribution in [1.29, 1.82) is 0 Å². The summed E-state index contributed by atoms with van der Waals surface area (Å²) in [6.07, 6.45) is 0. The number of nitrogens with zero attached hydrogens (tertiary/aromatic N) is 2. The first kappa shape index (κ1) is 22.6. The van der Waals surface area contributed by atoms with Crippen LogP contribution >= 0.6 is 11.8 Å². The van der Waals surface area contributed by atoms with Gasteiger partial charge in [-0.2, -0.15) is 0 Å². The molecule has 4 aromatic rings. The number of fused-ring (bicyclic) bond motifs is 1. The number of aryl methyl sites for hydroxylation is 1. The minimum atomic E-state index is -0.405. The first-order valence-electron chi connectivity index (χ1n) is 10.3. The van der Waals surface area contributed by atoms with Gasteiger partial charge in [-0.3, -0.25) is 14.2 Å². The molecular formula is C24H23FN4O3S. The van der Waals surface area contributed by atoms with Crippen LogP contribution in [0.3, 0.4) is 0 Å². The van der Waals surface area contributed by atoms with Gasteiger partial charge in [-0.15, -0.1) is 0 Å². The van der Waals surface area contributed by atoms with E-state index in [1.807, 2.05) is 38.1 Å². The Morgan fingerprint density at radius 1 is 1.21 bits per heavy atom. The number of H-pyrrole nitrogens is 1. The summed E-state index contributed by atoms with van der Waals surface area (Å²) in [7, 11) is 1.60. The molecule has 4 rings (SSSR count). The summed E-state index contributed by atoms with van der Waals surface area (Å²) in [5.74, 6) is 0.197. The van der Waals surface area contributed by atoms with Crippen LogP contribution in [0.15, 0.2) is 64.5 Å². The predicted octanol–water partition coefficient (Wildman–Crippen LogP) is 4.14. The fraction of sp³-hybridized carbons (Fsp3) is 0.208. The number of nitrogens with one attached hydrogen (secondary N) is 2. The molecule has 2 aromatic heterocycles. The number of hydrogen-bond acceptors (Lipinski definition) is 5. The Balaban J connectivity index is 1.57. The average Bonchev–Trinajstić information content (AvgIpc) is 3.19. The topological polar surface area (TPSA) is 89.0 Å². The van der Waals surface area contributed by atoms with Gasteiger partial charge in [0.25, 0.3) is 5.56 Å². The molecule has 0 bridgehead atoms. The van der Waals surface area contributed by atoms with Gasteiger partial charge in [-0.1, -0.05) is 23.9 Å². The number of benzene rings is 2. The zero-order chi connectivity index (χ0) is 23.5. The molecule has 0 saturated heterocycles. The zero-order valence-electron chi connectivity index (χ0n) is 18.4. The minimum absolute atomic E-state index is 0.0586. The first-order valence-corrected chi connectivity index (χ1v) is 11.3. The minimum Gasteiger partial charge on any atom is -0.497 e. The number of thioether (sulfide) groups is 1. The van der Waals surface area contributed by atoms with Crippen molar-refractivity contribution in [2.45, 2.75) is 25.0 Å². The van der Waals surface area contributed by atoms with Gasteiger partial charge in [0.2, 0.25) is 5.91 Å². The molecule has 0 saturated carbocycles. The second-order valence-corrected chi connectivity index (χ2v) is 8.52. The van der Waals surface area contributed by atoms with E-state index in [1.165, 1.54) is 28.8 Å². The highest BCUT2D eigenvalue weighted by Gasteiger charge is 2.17. The normalized spacial score (nSPS) is 12.0. The van der Waals surface area contributed by atoms with Crippen LogP contribution in [0.2, 0.25) is 0 Å². The number of carbonyl (C=O) groups is 1. The van der Waals surface area contributed by atoms with Crippen molar-refractivity contribution in [2.75, 3.05) is 12.9 Å². The molecule has 2 heterocycles. The molecule has 170 valence electrons. The van der Waals surface area contributed by atoms with Crippen LogP contribution in [-0.2, 0) is 4.79 Å². The molecule has 9 heteroatoms. The molecule has 0 fully saturated rings. The van der Waals surface area contributed by atoms with Crippen LogP contribution in [0, 0.1) is 12.7 Å². The zero-order valence-corrected chi connectivity index (χ0v) is 19.2. The standard InChI is InChI=1S/C24H23FN4O3S/c1-14-12-20-22(26-14)23(31)29(18-8-6-17(25)7-9-18)24(28-20)33-13-21(30)27-15(2)16-4-10-19(32-3)11-5-16/h4-12,15,26H,13H2,1-3H3,(H,27,30). The highest BCUT2D eigenvalue weighted by molar-refractivity contribution is 7.99. The summed E-state index contributed by atoms with van der Waals surface area (Å²) in [6, 6.07) is 14.6. The fourth-order valence-electron chi connectivity index (χ4n) is 3.48. The van der Waals surface area contributed by atoms with Crippen LogP contribution in [-0.4, -0.2) is 33.3 Å². The molecule has 7 nitrogen and oxygen atoms in total. The molecule has 1 amide bonds. The third-order valence-electron chi connectivity index (χ3n) is 5.17. The monoisotopic (exact) mass is 466 g/mol. The average molecular weight is 467 g/mol. The lowest BCUT2D eigenvalue weighted by molar-refractivity contribution is -0.119. The number of hydrogen-bond donors (Lipinski definition) is 2. The lowest BCUT2D eigenvalue weighted by atomic mass is 10.1. The van der Waals surface area contributed by atoms with Crippen molar-refractivity contribution < 1.29 is 13.9 Å². The predicted molar refractivity (Wildman–Crippen MR) is 127 cm³/mol. The first-order chi connectivity index (χ1) is 15.9. The van der Waals surface area contributed by atoms with Gasteiger partial charge >= 0.3 is 0 Å². The van der Waals surface area contributed by atoms with Gasteiger partial charge in [0.1, 0.15) is 17.1 Å². The van der Waals surface area contributed by atoms with Gasteiger partial charge in [0.15, 0.2) is 5.16 Å². The number of aromatic amines is 1. The van der Waals surface area contributed by atoms with Gasteiger partial charge in [0.05, 0.1) is 30.1 Å². The van der Waals surface area contributed by atoms with Gasteiger partial charge in [0, 0.05) is 5.69 Å². The van der Waals surface area contributed by atoms with Crippen LogP contribution in [0.1, 0.15) is 24.2 Å². The van der Waals surface area contributed by atoms with E-state index < -0.39 is 5.82 Å². The van der Waals surface area contributed by atoms with Crippen molar-refractivity contribution in [2.24, 2.45) is 0 Å². The maximum Gasteiger partial charge on any atom is 0.283 e. The third-order valence-corrected chi connectivity index (χ3v) is 6.10. The highest BCUT2D eigenvalue weighted by Crippen LogP contribution is 2.23. The maximum atomic E-state index is 13.4. The molecule has 1 unspecified atom stereocenters. The summed E-state index contributed by atoms with van der Waals surface area (Å²) in [4.78, 5) is 33.4. The van der Waals surface area contributed by atoms with E-state index in [0.717, 1.165) is 28.8 Å². The quantitative estimate of drug-likeness (QED) is 0.316. The Labute approximate surface area is 194 Å². The van der Waals surface area contributed by atoms with Gasteiger partial charge in [-0.25, -0.2) is 9.37 Å². The molecule has 1 atom stereocenters. The Bertz CT molecular complexity index is 1350. The summed E-state index contributed by atoms with van der Waals surface area (Å²) in [5, 5.41) is 3.31. The summed E-state index contributed by atoms with van der Waals surface area (Å²) < 4.78 is 20.0. The highest BCUT2D eigenvalue weighted by atomic mass is 32.2. The molecule has 0 aliphatic heterocycles. The lowest BCUT2D eigenvalue weighted by Crippen LogP contribution is -2.29. The van der Waals surface area contributed by atoms with Crippen LogP contribution in [0.4, 0.5) is 4.39 Å². The summed E-state index contributed by atoms with van der Waals surface area (Å²) >= 11 is 1.15. The van der Waals surface area contributed by atoms with Crippen LogP contribution in [0.5, 0.6) is 5.75 Å². The number of halogens is 1. The largest absolute Gasteiger partial charge is 0.497 e. The number of aromatic nitrogens is 3. The number of carbonyl (C=O) groups excluding carboxylic acids is 1. The number of methoxy groups -OCH3 is 1. The third kappa shape index (κ3) is 4.93. The Morgan fingerprint density at radius 3 is 2.58 bits per heavy atom. The van der Waals surface area contributed by atoms with E-state index in [1.54, 1.807) is 13.2 Å². The van der Waals surface area contributed by atoms with E-state index in [-0.39, 0.29) is 23.3 Å². The molecule has 33 heavy (non-hydrogen) atoms. The van der Waals surface area contributed by atoms with E-state index >= 15 is 0 Å². The van der Waals surface area contributed by atoms with E-state index in [4.69, 9.17) is 4.74 Å². The number of ether oxygens (including phenoxy) is 1. The smallest absolute Gasteiger partial charge is 0.283 e. The van der Waals surface area contributed by atoms with Gasteiger partial charge < -0.3 is 15.0 Å². The van der Waals surface area contributed by atoms with E-state index in [2.05, 4.69) is 15.3 Å². The van der Waals surface area contributed by atoms with Crippen molar-refractivity contribution in [3.8, 4) is 11.4 Å². The second-order valence-electron chi connectivity index (χ2n) is 7.57. The van der Waals surface area contributed by atoms with E-state index in [0.29, 0.717) is 21.9 Å². The molecule has 2 N–H and O–H groups in total. The Morgan fingerprint density at radius 2 is 1.91 bits per heavy atom. The van der Waals surface area contributed by atoms with Crippen molar-refractivity contribution in [3.05, 3.63) is 82.0 Å². The molecule has 0 spiro atoms. The molecule has 0 aliphatic rings. The van der Waals surface area contributed by atoms with Crippen LogP contribution < -0.4 is 15.6 Å². The summed E-state index contributed by atoms with van der Waals surface area (Å²) in [6.45, 7) is 3.73. The Kier molecular flexibility index (Phi) is 6.50. The van der Waals surface area contributed by atoms with Crippen molar-refractivity contribution >= 4 is 28.7 Å². The summed E-state index contributed by atoms with van der Waals surface area (Å²) in [5.41, 5.74) is 2.78. The SMILES string of the molecule is COc1ccc(C(C)NC(=O)CSc2nc3cc(C)[nH]c3c(=O)n2-c2ccc(F)cc2)cc1.